The smallest absolute Gasteiger partial charge is 0.118 e. The third-order valence-corrected chi connectivity index (χ3v) is 2.26. The highest BCUT2D eigenvalue weighted by Gasteiger charge is 2.09. The van der Waals surface area contributed by atoms with Gasteiger partial charge in [-0.05, 0) is 51.3 Å². The number of methoxy groups -OCH3 is 1. The Balaban J connectivity index is 4.93. The van der Waals surface area contributed by atoms with Gasteiger partial charge in [0, 0.05) is 7.11 Å². The van der Waals surface area contributed by atoms with Gasteiger partial charge in [-0.3, -0.25) is 0 Å². The molecule has 0 bridgehead atoms. The Hall–Kier alpha value is -1.02. The molecule has 0 unspecified atom stereocenters. The van der Waals surface area contributed by atoms with Crippen LogP contribution in [0, 0.1) is 0 Å². The van der Waals surface area contributed by atoms with Crippen molar-refractivity contribution in [3.8, 4) is 0 Å². The summed E-state index contributed by atoms with van der Waals surface area (Å²) in [6.07, 6.45) is 4.89. The van der Waals surface area contributed by atoms with E-state index in [9.17, 15) is 0 Å². The molecule has 92 valence electrons. The summed E-state index contributed by atoms with van der Waals surface area (Å²) in [6, 6.07) is 0. The number of rotatable bonds is 7. The molecule has 0 saturated heterocycles. The van der Waals surface area contributed by atoms with Gasteiger partial charge in [-0.15, -0.1) is 0 Å². The van der Waals surface area contributed by atoms with E-state index in [1.54, 1.807) is 7.11 Å². The van der Waals surface area contributed by atoms with E-state index in [0.717, 1.165) is 17.8 Å². The second-order valence-electron chi connectivity index (χ2n) is 3.93. The second-order valence-corrected chi connectivity index (χ2v) is 3.93. The average molecular weight is 224 g/mol. The zero-order chi connectivity index (χ0) is 12.6. The molecule has 0 aliphatic carbocycles. The van der Waals surface area contributed by atoms with Crippen LogP contribution in [0.25, 0.3) is 0 Å². The van der Waals surface area contributed by atoms with Crippen molar-refractivity contribution in [2.45, 2.75) is 40.2 Å². The molecular weight excluding hydrogens is 200 g/mol. The topological polar surface area (TPSA) is 18.5 Å². The molecule has 0 aliphatic heterocycles. The highest BCUT2D eigenvalue weighted by molar-refractivity contribution is 5.35. The van der Waals surface area contributed by atoms with Gasteiger partial charge in [0.2, 0.25) is 0 Å². The minimum absolute atomic E-state index is 0.182. The van der Waals surface area contributed by atoms with Crippen LogP contribution in [0.3, 0.4) is 0 Å². The molecule has 0 aromatic rings. The van der Waals surface area contributed by atoms with E-state index in [0.29, 0.717) is 6.61 Å². The molecule has 0 spiro atoms. The van der Waals surface area contributed by atoms with Crippen molar-refractivity contribution < 1.29 is 9.47 Å². The van der Waals surface area contributed by atoms with Gasteiger partial charge in [0.15, 0.2) is 0 Å². The van der Waals surface area contributed by atoms with E-state index in [-0.39, 0.29) is 6.10 Å². The van der Waals surface area contributed by atoms with Gasteiger partial charge in [0.05, 0.1) is 12.7 Å². The predicted octanol–water partition coefficient (Wildman–Crippen LogP) is 3.85. The summed E-state index contributed by atoms with van der Waals surface area (Å²) in [6.45, 7) is 12.6. The molecule has 0 aliphatic rings. The molecule has 16 heavy (non-hydrogen) atoms. The number of hydrogen-bond acceptors (Lipinski definition) is 2. The summed E-state index contributed by atoms with van der Waals surface area (Å²) < 4.78 is 10.9. The molecule has 0 aromatic carbocycles. The van der Waals surface area contributed by atoms with Crippen molar-refractivity contribution in [2.75, 3.05) is 13.7 Å². The quantitative estimate of drug-likeness (QED) is 0.483. The molecule has 0 saturated carbocycles. The van der Waals surface area contributed by atoms with Crippen molar-refractivity contribution in [3.05, 3.63) is 35.6 Å². The van der Waals surface area contributed by atoms with Crippen LogP contribution in [0.5, 0.6) is 0 Å². The Bertz CT molecular complexity index is 272. The van der Waals surface area contributed by atoms with Crippen molar-refractivity contribution in [2.24, 2.45) is 0 Å². The third-order valence-electron chi connectivity index (χ3n) is 2.26. The van der Waals surface area contributed by atoms with E-state index in [1.165, 1.54) is 5.57 Å². The maximum Gasteiger partial charge on any atom is 0.118 e. The zero-order valence-electron chi connectivity index (χ0n) is 11.2. The Labute approximate surface area is 99.6 Å². The highest BCUT2D eigenvalue weighted by Crippen LogP contribution is 2.22. The molecular formula is C14H24O2. The molecule has 0 atom stereocenters. The maximum atomic E-state index is 5.78. The lowest BCUT2D eigenvalue weighted by Gasteiger charge is -2.18. The first-order valence-corrected chi connectivity index (χ1v) is 5.71. The van der Waals surface area contributed by atoms with Crippen molar-refractivity contribution in [3.63, 3.8) is 0 Å². The predicted molar refractivity (Wildman–Crippen MR) is 69.4 cm³/mol. The number of hydrogen-bond donors (Lipinski definition) is 0. The van der Waals surface area contributed by atoms with Crippen LogP contribution in [0.1, 0.15) is 34.1 Å². The minimum Gasteiger partial charge on any atom is -0.491 e. The van der Waals surface area contributed by atoms with E-state index >= 15 is 0 Å². The lowest BCUT2D eigenvalue weighted by atomic mass is 10.0. The van der Waals surface area contributed by atoms with E-state index in [2.05, 4.69) is 6.58 Å². The Morgan fingerprint density at radius 1 is 1.38 bits per heavy atom. The lowest BCUT2D eigenvalue weighted by molar-refractivity contribution is 0.147. The van der Waals surface area contributed by atoms with Crippen LogP contribution >= 0.6 is 0 Å². The molecule has 0 amide bonds. The largest absolute Gasteiger partial charge is 0.491 e. The van der Waals surface area contributed by atoms with Crippen LogP contribution in [-0.4, -0.2) is 19.8 Å². The number of ether oxygens (including phenoxy) is 2. The van der Waals surface area contributed by atoms with Gasteiger partial charge in [-0.1, -0.05) is 12.7 Å². The van der Waals surface area contributed by atoms with Gasteiger partial charge >= 0.3 is 0 Å². The first kappa shape index (κ1) is 15.0. The van der Waals surface area contributed by atoms with Crippen molar-refractivity contribution in [1.29, 1.82) is 0 Å². The fraction of sp³-hybridized carbons (Fsp3) is 0.571. The van der Waals surface area contributed by atoms with Crippen molar-refractivity contribution >= 4 is 0 Å². The average Bonchev–Trinajstić information content (AvgIpc) is 2.26. The van der Waals surface area contributed by atoms with Gasteiger partial charge in [-0.25, -0.2) is 0 Å². The zero-order valence-corrected chi connectivity index (χ0v) is 11.2. The summed E-state index contributed by atoms with van der Waals surface area (Å²) in [5.74, 6) is 0.935. The van der Waals surface area contributed by atoms with E-state index in [1.807, 2.05) is 39.8 Å². The SMILES string of the molecule is C=C/C(C)=C(CCOC)\C(=C/C)OC(C)C. The molecule has 2 heteroatoms. The molecule has 2 nitrogen and oxygen atoms in total. The maximum absolute atomic E-state index is 5.78. The number of allylic oxidation sites excluding steroid dienone is 4. The highest BCUT2D eigenvalue weighted by atomic mass is 16.5. The summed E-state index contributed by atoms with van der Waals surface area (Å²) in [5.41, 5.74) is 2.32. The van der Waals surface area contributed by atoms with Crippen molar-refractivity contribution in [1.82, 2.24) is 0 Å². The fourth-order valence-electron chi connectivity index (χ4n) is 1.41. The lowest BCUT2D eigenvalue weighted by Crippen LogP contribution is -2.07. The van der Waals surface area contributed by atoms with Gasteiger partial charge in [0.25, 0.3) is 0 Å². The summed E-state index contributed by atoms with van der Waals surface area (Å²) >= 11 is 0. The summed E-state index contributed by atoms with van der Waals surface area (Å²) in [4.78, 5) is 0. The third kappa shape index (κ3) is 5.17. The molecule has 0 heterocycles. The van der Waals surface area contributed by atoms with Crippen LogP contribution in [0.4, 0.5) is 0 Å². The van der Waals surface area contributed by atoms with Crippen LogP contribution in [0.2, 0.25) is 0 Å². The molecule has 0 radical (unpaired) electrons. The molecule has 0 rings (SSSR count). The van der Waals surface area contributed by atoms with Crippen LogP contribution < -0.4 is 0 Å². The standard InChI is InChI=1S/C14H24O2/c1-7-12(5)13(9-10-15-6)14(8-2)16-11(3)4/h7-8,11H,1,9-10H2,2-6H3/b13-12-,14-8+. The molecule has 0 fully saturated rings. The first-order chi connectivity index (χ1) is 7.56. The Kier molecular flexibility index (Phi) is 7.65. The molecule has 0 aromatic heterocycles. The minimum atomic E-state index is 0.182. The van der Waals surface area contributed by atoms with Crippen LogP contribution in [-0.2, 0) is 9.47 Å². The van der Waals surface area contributed by atoms with Gasteiger partial charge < -0.3 is 9.47 Å². The van der Waals surface area contributed by atoms with E-state index < -0.39 is 0 Å². The Morgan fingerprint density at radius 2 is 2.00 bits per heavy atom. The fourth-order valence-corrected chi connectivity index (χ4v) is 1.41. The Morgan fingerprint density at radius 3 is 2.38 bits per heavy atom. The van der Waals surface area contributed by atoms with E-state index in [4.69, 9.17) is 9.47 Å². The monoisotopic (exact) mass is 224 g/mol. The first-order valence-electron chi connectivity index (χ1n) is 5.71. The van der Waals surface area contributed by atoms with Gasteiger partial charge in [-0.2, -0.15) is 0 Å². The molecule has 0 N–H and O–H groups in total. The van der Waals surface area contributed by atoms with Gasteiger partial charge in [0.1, 0.15) is 5.76 Å². The summed E-state index contributed by atoms with van der Waals surface area (Å²) in [7, 11) is 1.71. The normalized spacial score (nSPS) is 13.8. The second kappa shape index (κ2) is 8.17. The summed E-state index contributed by atoms with van der Waals surface area (Å²) in [5, 5.41) is 0. The van der Waals surface area contributed by atoms with Crippen LogP contribution in [0.15, 0.2) is 35.6 Å².